The molecule has 6 heteroatoms. The average molecular weight is 383 g/mol. The van der Waals surface area contributed by atoms with Crippen LogP contribution < -0.4 is 0 Å². The normalized spacial score (nSPS) is 17.2. The number of likely N-dealkylation sites (tertiary alicyclic amines) is 1. The van der Waals surface area contributed by atoms with Crippen molar-refractivity contribution in [1.82, 2.24) is 14.9 Å². The van der Waals surface area contributed by atoms with Crippen LogP contribution in [-0.4, -0.2) is 33.9 Å². The average Bonchev–Trinajstić information content (AvgIpc) is 3.08. The molecule has 146 valence electrons. The molecular formula is C22H23F2N3O. The number of H-pyrrole nitrogens is 1. The highest BCUT2D eigenvalue weighted by Gasteiger charge is 2.26. The summed E-state index contributed by atoms with van der Waals surface area (Å²) >= 11 is 0. The lowest BCUT2D eigenvalue weighted by Gasteiger charge is -2.33. The molecule has 0 saturated carbocycles. The van der Waals surface area contributed by atoms with Crippen LogP contribution in [0.4, 0.5) is 8.78 Å². The van der Waals surface area contributed by atoms with E-state index in [-0.39, 0.29) is 5.91 Å². The molecule has 0 spiro atoms. The number of rotatable bonds is 4. The van der Waals surface area contributed by atoms with Gasteiger partial charge in [-0.05, 0) is 68.4 Å². The molecule has 0 radical (unpaired) electrons. The predicted octanol–water partition coefficient (Wildman–Crippen LogP) is 4.63. The molecule has 1 aliphatic rings. The smallest absolute Gasteiger partial charge is 0.256 e. The third-order valence-electron chi connectivity index (χ3n) is 5.49. The molecule has 1 atom stereocenters. The Bertz CT molecular complexity index is 1010. The van der Waals surface area contributed by atoms with Gasteiger partial charge in [0.2, 0.25) is 0 Å². The fraction of sp³-hybridized carbons (Fsp3) is 0.364. The minimum atomic E-state index is -0.819. The lowest BCUT2D eigenvalue weighted by molar-refractivity contribution is 0.0670. The second-order valence-electron chi connectivity index (χ2n) is 7.57. The van der Waals surface area contributed by atoms with Crippen molar-refractivity contribution < 1.29 is 13.6 Å². The first-order chi connectivity index (χ1) is 13.5. The number of aromatic nitrogens is 2. The third-order valence-corrected chi connectivity index (χ3v) is 5.49. The molecule has 0 bridgehead atoms. The van der Waals surface area contributed by atoms with Gasteiger partial charge in [0.15, 0.2) is 11.6 Å². The van der Waals surface area contributed by atoms with Gasteiger partial charge in [-0.25, -0.2) is 13.8 Å². The summed E-state index contributed by atoms with van der Waals surface area (Å²) in [7, 11) is 0. The highest BCUT2D eigenvalue weighted by atomic mass is 19.2. The van der Waals surface area contributed by atoms with Crippen LogP contribution in [0.2, 0.25) is 0 Å². The molecule has 4 rings (SSSR count). The van der Waals surface area contributed by atoms with Crippen LogP contribution in [0.15, 0.2) is 36.4 Å². The monoisotopic (exact) mass is 383 g/mol. The molecule has 28 heavy (non-hydrogen) atoms. The SMILES string of the molecule is Cc1nc2c(C(=O)N3CCCC(CCc4ccc(F)c(F)c4)C3)cccc2[nH]1. The van der Waals surface area contributed by atoms with Crippen LogP contribution in [-0.2, 0) is 6.42 Å². The van der Waals surface area contributed by atoms with Gasteiger partial charge in [0.05, 0.1) is 11.1 Å². The standard InChI is InChI=1S/C22H23F2N3O/c1-14-25-20-6-2-5-17(21(20)26-14)22(28)27-11-3-4-16(13-27)8-7-15-9-10-18(23)19(24)12-15/h2,5-6,9-10,12,16H,3-4,7-8,11,13H2,1H3,(H,25,26). The van der Waals surface area contributed by atoms with E-state index >= 15 is 0 Å². The van der Waals surface area contributed by atoms with Gasteiger partial charge in [-0.1, -0.05) is 12.1 Å². The number of nitrogens with zero attached hydrogens (tertiary/aromatic N) is 2. The Labute approximate surface area is 162 Å². The molecule has 0 aliphatic carbocycles. The van der Waals surface area contributed by atoms with Crippen LogP contribution >= 0.6 is 0 Å². The van der Waals surface area contributed by atoms with E-state index < -0.39 is 11.6 Å². The number of piperidine rings is 1. The number of nitrogens with one attached hydrogen (secondary N) is 1. The fourth-order valence-electron chi connectivity index (χ4n) is 4.05. The molecule has 1 N–H and O–H groups in total. The summed E-state index contributed by atoms with van der Waals surface area (Å²) in [5.41, 5.74) is 3.01. The largest absolute Gasteiger partial charge is 0.342 e. The van der Waals surface area contributed by atoms with Crippen molar-refractivity contribution >= 4 is 16.9 Å². The molecule has 1 unspecified atom stereocenters. The zero-order chi connectivity index (χ0) is 19.7. The van der Waals surface area contributed by atoms with Crippen molar-refractivity contribution in [3.8, 4) is 0 Å². The number of hydrogen-bond acceptors (Lipinski definition) is 2. The van der Waals surface area contributed by atoms with Crippen molar-refractivity contribution in [2.45, 2.75) is 32.6 Å². The number of carbonyl (C=O) groups excluding carboxylic acids is 1. The summed E-state index contributed by atoms with van der Waals surface area (Å²) in [6, 6.07) is 9.70. The van der Waals surface area contributed by atoms with Crippen LogP contribution in [0.1, 0.15) is 41.0 Å². The first-order valence-corrected chi connectivity index (χ1v) is 9.70. The Morgan fingerprint density at radius 2 is 2.11 bits per heavy atom. The van der Waals surface area contributed by atoms with Gasteiger partial charge in [0.25, 0.3) is 5.91 Å². The number of aromatic amines is 1. The summed E-state index contributed by atoms with van der Waals surface area (Å²) in [4.78, 5) is 22.7. The van der Waals surface area contributed by atoms with Gasteiger partial charge in [0.1, 0.15) is 11.3 Å². The number of aryl methyl sites for hydroxylation is 2. The van der Waals surface area contributed by atoms with E-state index in [0.29, 0.717) is 30.0 Å². The first-order valence-electron chi connectivity index (χ1n) is 9.70. The summed E-state index contributed by atoms with van der Waals surface area (Å²) in [5.74, 6) is -0.472. The highest BCUT2D eigenvalue weighted by Crippen LogP contribution is 2.25. The molecule has 2 heterocycles. The number of imidazole rings is 1. The lowest BCUT2D eigenvalue weighted by Crippen LogP contribution is -2.40. The predicted molar refractivity (Wildman–Crippen MR) is 104 cm³/mol. The van der Waals surface area contributed by atoms with Crippen molar-refractivity contribution in [3.05, 3.63) is 65.0 Å². The summed E-state index contributed by atoms with van der Waals surface area (Å²) in [5, 5.41) is 0. The number of benzene rings is 2. The van der Waals surface area contributed by atoms with E-state index in [2.05, 4.69) is 9.97 Å². The Kier molecular flexibility index (Phi) is 5.11. The van der Waals surface area contributed by atoms with Crippen molar-refractivity contribution in [2.24, 2.45) is 5.92 Å². The van der Waals surface area contributed by atoms with E-state index in [0.717, 1.165) is 42.7 Å². The Morgan fingerprint density at radius 1 is 1.25 bits per heavy atom. The molecule has 1 fully saturated rings. The molecule has 1 aromatic heterocycles. The zero-order valence-electron chi connectivity index (χ0n) is 15.8. The Balaban J connectivity index is 1.44. The summed E-state index contributed by atoms with van der Waals surface area (Å²) in [6.07, 6.45) is 3.52. The van der Waals surface area contributed by atoms with Crippen molar-refractivity contribution in [3.63, 3.8) is 0 Å². The number of hydrogen-bond donors (Lipinski definition) is 1. The van der Waals surface area contributed by atoms with Gasteiger partial charge in [-0.2, -0.15) is 0 Å². The maximum absolute atomic E-state index is 13.4. The third kappa shape index (κ3) is 3.77. The van der Waals surface area contributed by atoms with Gasteiger partial charge in [0, 0.05) is 13.1 Å². The fourth-order valence-corrected chi connectivity index (χ4v) is 4.05. The Hall–Kier alpha value is -2.76. The van der Waals surface area contributed by atoms with Crippen LogP contribution in [0.5, 0.6) is 0 Å². The van der Waals surface area contributed by atoms with Crippen LogP contribution in [0.3, 0.4) is 0 Å². The second-order valence-corrected chi connectivity index (χ2v) is 7.57. The molecule has 3 aromatic rings. The number of para-hydroxylation sites is 1. The van der Waals surface area contributed by atoms with Gasteiger partial charge in [-0.3, -0.25) is 4.79 Å². The summed E-state index contributed by atoms with van der Waals surface area (Å²) < 4.78 is 26.5. The maximum Gasteiger partial charge on any atom is 0.256 e. The number of carbonyl (C=O) groups is 1. The van der Waals surface area contributed by atoms with Gasteiger partial charge >= 0.3 is 0 Å². The zero-order valence-corrected chi connectivity index (χ0v) is 15.8. The van der Waals surface area contributed by atoms with Crippen molar-refractivity contribution in [2.75, 3.05) is 13.1 Å². The number of amides is 1. The summed E-state index contributed by atoms with van der Waals surface area (Å²) in [6.45, 7) is 3.30. The molecule has 1 amide bonds. The van der Waals surface area contributed by atoms with E-state index in [1.54, 1.807) is 6.07 Å². The number of halogens is 2. The molecule has 1 saturated heterocycles. The maximum atomic E-state index is 13.4. The van der Waals surface area contributed by atoms with Gasteiger partial charge < -0.3 is 9.88 Å². The van der Waals surface area contributed by atoms with Crippen LogP contribution in [0, 0.1) is 24.5 Å². The molecule has 2 aromatic carbocycles. The quantitative estimate of drug-likeness (QED) is 0.714. The molecule has 4 nitrogen and oxygen atoms in total. The highest BCUT2D eigenvalue weighted by molar-refractivity contribution is 6.04. The van der Waals surface area contributed by atoms with E-state index in [1.165, 1.54) is 12.1 Å². The number of fused-ring (bicyclic) bond motifs is 1. The van der Waals surface area contributed by atoms with E-state index in [4.69, 9.17) is 0 Å². The molecule has 1 aliphatic heterocycles. The molecular weight excluding hydrogens is 360 g/mol. The van der Waals surface area contributed by atoms with E-state index in [9.17, 15) is 13.6 Å². The minimum Gasteiger partial charge on any atom is -0.342 e. The minimum absolute atomic E-state index is 0.00891. The topological polar surface area (TPSA) is 49.0 Å². The lowest BCUT2D eigenvalue weighted by atomic mass is 9.91. The second kappa shape index (κ2) is 7.70. The Morgan fingerprint density at radius 3 is 2.93 bits per heavy atom. The van der Waals surface area contributed by atoms with Crippen LogP contribution in [0.25, 0.3) is 11.0 Å². The van der Waals surface area contributed by atoms with Gasteiger partial charge in [-0.15, -0.1) is 0 Å². The van der Waals surface area contributed by atoms with Crippen molar-refractivity contribution in [1.29, 1.82) is 0 Å². The van der Waals surface area contributed by atoms with E-state index in [1.807, 2.05) is 30.0 Å². The first kappa shape index (κ1) is 18.6.